The molecule has 230 valence electrons. The number of hydrogen-bond donors (Lipinski definition) is 1. The van der Waals surface area contributed by atoms with Crippen LogP contribution in [-0.4, -0.2) is 72.3 Å². The molecule has 5 aromatic rings. The van der Waals surface area contributed by atoms with E-state index >= 15 is 0 Å². The minimum atomic E-state index is -0.488. The smallest absolute Gasteiger partial charge is 0.355 e. The maximum absolute atomic E-state index is 14.3. The van der Waals surface area contributed by atoms with Crippen LogP contribution < -0.4 is 15.3 Å². The molecule has 1 saturated heterocycles. The number of rotatable bonds is 4. The Labute approximate surface area is 264 Å². The van der Waals surface area contributed by atoms with E-state index in [4.69, 9.17) is 26.3 Å². The van der Waals surface area contributed by atoms with Gasteiger partial charge in [-0.05, 0) is 56.0 Å². The number of anilines is 1. The first-order valence-electron chi connectivity index (χ1n) is 15.0. The van der Waals surface area contributed by atoms with Crippen LogP contribution in [0.15, 0.2) is 48.0 Å². The lowest BCUT2D eigenvalue weighted by atomic mass is 10.00. The van der Waals surface area contributed by atoms with Crippen molar-refractivity contribution in [1.82, 2.24) is 34.6 Å². The van der Waals surface area contributed by atoms with Gasteiger partial charge >= 0.3 is 5.69 Å². The van der Waals surface area contributed by atoms with E-state index in [1.165, 1.54) is 6.08 Å². The number of fused-ring (bicyclic) bond motifs is 3. The zero-order valence-electron chi connectivity index (χ0n) is 25.8. The first kappa shape index (κ1) is 29.0. The number of carbonyl (C=O) groups is 1. The molecular formula is C33H33ClN8O3. The molecule has 0 bridgehead atoms. The lowest BCUT2D eigenvalue weighted by Crippen LogP contribution is -2.60. The van der Waals surface area contributed by atoms with Gasteiger partial charge in [-0.3, -0.25) is 14.9 Å². The van der Waals surface area contributed by atoms with Gasteiger partial charge in [0.1, 0.15) is 22.8 Å². The topological polar surface area (TPSA) is 122 Å². The first-order chi connectivity index (χ1) is 21.6. The molecule has 11 nitrogen and oxygen atoms in total. The van der Waals surface area contributed by atoms with Gasteiger partial charge in [0.15, 0.2) is 11.4 Å². The van der Waals surface area contributed by atoms with Crippen molar-refractivity contribution in [3.8, 4) is 22.7 Å². The lowest BCUT2D eigenvalue weighted by molar-refractivity contribution is -0.129. The molecule has 0 saturated carbocycles. The van der Waals surface area contributed by atoms with Crippen LogP contribution in [0.1, 0.15) is 43.5 Å². The number of nitrogens with zero attached hydrogens (tertiary/aromatic N) is 7. The van der Waals surface area contributed by atoms with Crippen LogP contribution in [0.2, 0.25) is 5.02 Å². The Morgan fingerprint density at radius 2 is 1.98 bits per heavy atom. The molecule has 2 aliphatic rings. The maximum atomic E-state index is 14.3. The lowest BCUT2D eigenvalue weighted by Gasteiger charge is -2.44. The van der Waals surface area contributed by atoms with Crippen molar-refractivity contribution in [2.75, 3.05) is 24.6 Å². The van der Waals surface area contributed by atoms with Crippen molar-refractivity contribution >= 4 is 45.3 Å². The Morgan fingerprint density at radius 1 is 1.18 bits per heavy atom. The van der Waals surface area contributed by atoms with Gasteiger partial charge in [0.2, 0.25) is 5.91 Å². The fourth-order valence-corrected chi connectivity index (χ4v) is 6.95. The quantitative estimate of drug-likeness (QED) is 0.274. The molecule has 2 aliphatic heterocycles. The molecule has 0 spiro atoms. The van der Waals surface area contributed by atoms with Gasteiger partial charge in [-0.2, -0.15) is 10.1 Å². The second kappa shape index (κ2) is 10.7. The molecule has 1 amide bonds. The van der Waals surface area contributed by atoms with Crippen molar-refractivity contribution in [3.05, 3.63) is 75.6 Å². The number of aromatic amines is 1. The summed E-state index contributed by atoms with van der Waals surface area (Å²) in [6.45, 7) is 14.7. The number of benzene rings is 1. The van der Waals surface area contributed by atoms with Crippen LogP contribution in [0.3, 0.4) is 0 Å². The molecule has 2 atom stereocenters. The van der Waals surface area contributed by atoms with Crippen LogP contribution in [0.5, 0.6) is 5.75 Å². The van der Waals surface area contributed by atoms with Crippen LogP contribution in [-0.2, 0) is 4.79 Å². The van der Waals surface area contributed by atoms with Crippen molar-refractivity contribution in [2.24, 2.45) is 0 Å². The van der Waals surface area contributed by atoms with Gasteiger partial charge < -0.3 is 14.5 Å². The number of piperazine rings is 1. The molecule has 0 aliphatic carbocycles. The third kappa shape index (κ3) is 4.40. The number of nitrogens with one attached hydrogen (secondary N) is 1. The SMILES string of the molecule is C=CC(=O)N1CC2COc3c(Cl)c(-c4c(C)ccc5[nH]ncc45)nc4c3c(nc(=O)n4-c3c(C)ccnc3C(C)C)N2CC1C. The second-order valence-electron chi connectivity index (χ2n) is 12.1. The molecule has 1 N–H and O–H groups in total. The summed E-state index contributed by atoms with van der Waals surface area (Å²) in [7, 11) is 0. The van der Waals surface area contributed by atoms with E-state index in [9.17, 15) is 9.59 Å². The van der Waals surface area contributed by atoms with E-state index in [1.54, 1.807) is 21.9 Å². The Kier molecular flexibility index (Phi) is 6.88. The highest BCUT2D eigenvalue weighted by atomic mass is 35.5. The molecule has 4 aromatic heterocycles. The Bertz CT molecular complexity index is 2100. The highest BCUT2D eigenvalue weighted by molar-refractivity contribution is 6.36. The predicted octanol–water partition coefficient (Wildman–Crippen LogP) is 5.10. The molecule has 12 heteroatoms. The zero-order chi connectivity index (χ0) is 31.7. The van der Waals surface area contributed by atoms with E-state index in [0.29, 0.717) is 52.1 Å². The van der Waals surface area contributed by atoms with E-state index < -0.39 is 5.69 Å². The molecule has 1 aromatic carbocycles. The maximum Gasteiger partial charge on any atom is 0.355 e. The zero-order valence-corrected chi connectivity index (χ0v) is 26.5. The average Bonchev–Trinajstić information content (AvgIpc) is 3.43. The minimum Gasteiger partial charge on any atom is -0.489 e. The van der Waals surface area contributed by atoms with Crippen LogP contribution >= 0.6 is 11.6 Å². The summed E-state index contributed by atoms with van der Waals surface area (Å²) in [5.41, 5.74) is 5.15. The van der Waals surface area contributed by atoms with Gasteiger partial charge in [0, 0.05) is 36.3 Å². The van der Waals surface area contributed by atoms with E-state index in [1.807, 2.05) is 52.8 Å². The number of ether oxygens (including phenoxy) is 1. The predicted molar refractivity (Wildman–Crippen MR) is 175 cm³/mol. The summed E-state index contributed by atoms with van der Waals surface area (Å²) in [5.74, 6) is 0.691. The summed E-state index contributed by atoms with van der Waals surface area (Å²) in [6.07, 6.45) is 4.82. The van der Waals surface area contributed by atoms with E-state index in [0.717, 1.165) is 33.3 Å². The number of H-pyrrole nitrogens is 1. The minimum absolute atomic E-state index is 0.0160. The van der Waals surface area contributed by atoms with Crippen LogP contribution in [0.25, 0.3) is 38.9 Å². The highest BCUT2D eigenvalue weighted by Crippen LogP contribution is 2.47. The first-order valence-corrected chi connectivity index (χ1v) is 15.4. The van der Waals surface area contributed by atoms with Gasteiger partial charge in [0.05, 0.1) is 34.8 Å². The monoisotopic (exact) mass is 624 g/mol. The fraction of sp³-hybridized carbons (Fsp3) is 0.333. The molecule has 7 rings (SSSR count). The van der Waals surface area contributed by atoms with Crippen molar-refractivity contribution in [3.63, 3.8) is 0 Å². The number of hydrogen-bond acceptors (Lipinski definition) is 8. The summed E-state index contributed by atoms with van der Waals surface area (Å²) in [6, 6.07) is 5.38. The van der Waals surface area contributed by atoms with Crippen LogP contribution in [0.4, 0.5) is 5.82 Å². The van der Waals surface area contributed by atoms with Crippen LogP contribution in [0, 0.1) is 13.8 Å². The third-order valence-corrected chi connectivity index (χ3v) is 9.24. The van der Waals surface area contributed by atoms with Crippen molar-refractivity contribution in [1.29, 1.82) is 0 Å². The fourth-order valence-electron chi connectivity index (χ4n) is 6.66. The molecule has 6 heterocycles. The molecule has 0 radical (unpaired) electrons. The largest absolute Gasteiger partial charge is 0.489 e. The third-order valence-electron chi connectivity index (χ3n) is 8.89. The number of aromatic nitrogens is 6. The molecule has 1 fully saturated rings. The van der Waals surface area contributed by atoms with Crippen molar-refractivity contribution in [2.45, 2.75) is 52.6 Å². The highest BCUT2D eigenvalue weighted by Gasteiger charge is 2.40. The van der Waals surface area contributed by atoms with Gasteiger partial charge in [0.25, 0.3) is 0 Å². The normalized spacial score (nSPS) is 17.8. The van der Waals surface area contributed by atoms with Gasteiger partial charge in [-0.15, -0.1) is 0 Å². The summed E-state index contributed by atoms with van der Waals surface area (Å²) in [4.78, 5) is 45.5. The summed E-state index contributed by atoms with van der Waals surface area (Å²) < 4.78 is 8.13. The average molecular weight is 625 g/mol. The summed E-state index contributed by atoms with van der Waals surface area (Å²) in [5, 5.41) is 8.99. The Balaban J connectivity index is 1.59. The molecule has 2 unspecified atom stereocenters. The second-order valence-corrected chi connectivity index (χ2v) is 12.5. The number of halogens is 1. The summed E-state index contributed by atoms with van der Waals surface area (Å²) >= 11 is 7.28. The Hall–Kier alpha value is -4.77. The van der Waals surface area contributed by atoms with Gasteiger partial charge in [-0.1, -0.05) is 38.1 Å². The number of pyridine rings is 2. The Morgan fingerprint density at radius 3 is 2.73 bits per heavy atom. The van der Waals surface area contributed by atoms with E-state index in [2.05, 4.69) is 26.7 Å². The van der Waals surface area contributed by atoms with E-state index in [-0.39, 0.29) is 30.5 Å². The molecular weight excluding hydrogens is 592 g/mol. The number of carbonyl (C=O) groups excluding carboxylic acids is 1. The standard InChI is InChI=1S/C33H33ClN8O3/c1-7-23(43)40-14-20-15-45-30-25-31(41(20)13-19(40)6)38-33(44)42(29-18(5)10-11-35-27(29)16(2)3)32(25)37-28(26(30)34)24-17(4)8-9-22-21(24)12-36-39-22/h7-12,16,19-20H,1,13-15H2,2-6H3,(H,36,39). The van der Waals surface area contributed by atoms with Crippen molar-refractivity contribution < 1.29 is 9.53 Å². The van der Waals surface area contributed by atoms with Gasteiger partial charge in [-0.25, -0.2) is 14.3 Å². The number of aryl methyl sites for hydroxylation is 2. The number of amides is 1. The molecule has 45 heavy (non-hydrogen) atoms.